The lowest BCUT2D eigenvalue weighted by Crippen LogP contribution is -2.47. The van der Waals surface area contributed by atoms with Crippen molar-refractivity contribution in [2.75, 3.05) is 0 Å². The summed E-state index contributed by atoms with van der Waals surface area (Å²) in [7, 11) is 0. The van der Waals surface area contributed by atoms with E-state index in [4.69, 9.17) is 0 Å². The zero-order valence-corrected chi connectivity index (χ0v) is 16.5. The summed E-state index contributed by atoms with van der Waals surface area (Å²) in [5, 5.41) is 0. The molecular weight excluding hydrogens is 314 g/mol. The first kappa shape index (κ1) is 19.4. The lowest BCUT2D eigenvalue weighted by atomic mass is 9.83. The van der Waals surface area contributed by atoms with Crippen molar-refractivity contribution in [2.24, 2.45) is 0 Å². The Morgan fingerprint density at radius 2 is 1.73 bits per heavy atom. The number of fused-ring (bicyclic) bond motifs is 2. The van der Waals surface area contributed by atoms with Gasteiger partial charge in [0.2, 0.25) is 0 Å². The smallest absolute Gasteiger partial charge is 0.0287 e. The largest absolute Gasteiger partial charge is 0.289 e. The number of unbranched alkanes of at least 4 members (excludes halogenated alkanes) is 6. The second-order valence-corrected chi connectivity index (χ2v) is 8.29. The molecule has 1 fully saturated rings. The second kappa shape index (κ2) is 10.7. The number of rotatable bonds is 11. The highest BCUT2D eigenvalue weighted by Gasteiger charge is 2.33. The van der Waals surface area contributed by atoms with E-state index in [1.165, 1.54) is 82.6 Å². The SMILES string of the molecule is C=CCCCCCCCCC1=CC2CCCC(C1)N2Cc1ccccc1. The highest BCUT2D eigenvalue weighted by atomic mass is 15.2. The molecule has 3 rings (SSSR count). The minimum atomic E-state index is 0.691. The van der Waals surface area contributed by atoms with Crippen LogP contribution in [0.2, 0.25) is 0 Å². The van der Waals surface area contributed by atoms with Crippen LogP contribution in [0.3, 0.4) is 0 Å². The molecule has 0 spiro atoms. The van der Waals surface area contributed by atoms with E-state index in [2.05, 4.69) is 47.9 Å². The van der Waals surface area contributed by atoms with Crippen molar-refractivity contribution < 1.29 is 0 Å². The molecule has 2 bridgehead atoms. The van der Waals surface area contributed by atoms with E-state index < -0.39 is 0 Å². The lowest BCUT2D eigenvalue weighted by Gasteiger charge is -2.45. The molecule has 2 atom stereocenters. The molecule has 1 saturated heterocycles. The molecule has 1 aromatic carbocycles. The summed E-state index contributed by atoms with van der Waals surface area (Å²) in [6.45, 7) is 4.93. The topological polar surface area (TPSA) is 3.24 Å². The number of hydrogen-bond donors (Lipinski definition) is 0. The van der Waals surface area contributed by atoms with Crippen LogP contribution < -0.4 is 0 Å². The van der Waals surface area contributed by atoms with Gasteiger partial charge in [0.1, 0.15) is 0 Å². The standard InChI is InChI=1S/C25H37N/c1-2-3-4-5-6-7-8-10-16-23-19-24-17-13-18-25(20-23)26(24)21-22-14-11-9-12-15-22/h2,9,11-12,14-15,19,24-25H,1,3-8,10,13,16-18,20-21H2. The summed E-state index contributed by atoms with van der Waals surface area (Å²) in [6, 6.07) is 12.5. The third-order valence-corrected chi connectivity index (χ3v) is 6.22. The van der Waals surface area contributed by atoms with Gasteiger partial charge in [-0.2, -0.15) is 0 Å². The lowest BCUT2D eigenvalue weighted by molar-refractivity contribution is 0.0876. The van der Waals surface area contributed by atoms with Gasteiger partial charge in [-0.1, -0.05) is 80.2 Å². The fraction of sp³-hybridized carbons (Fsp3) is 0.600. The highest BCUT2D eigenvalue weighted by molar-refractivity contribution is 5.20. The van der Waals surface area contributed by atoms with Crippen LogP contribution in [-0.4, -0.2) is 17.0 Å². The van der Waals surface area contributed by atoms with Gasteiger partial charge in [0.15, 0.2) is 0 Å². The van der Waals surface area contributed by atoms with Crippen molar-refractivity contribution >= 4 is 0 Å². The molecule has 2 heterocycles. The van der Waals surface area contributed by atoms with Gasteiger partial charge in [-0.15, -0.1) is 6.58 Å². The predicted molar refractivity (Wildman–Crippen MR) is 113 cm³/mol. The third kappa shape index (κ3) is 5.84. The fourth-order valence-corrected chi connectivity index (χ4v) is 4.78. The summed E-state index contributed by atoms with van der Waals surface area (Å²) in [5.41, 5.74) is 3.23. The zero-order chi connectivity index (χ0) is 18.0. The minimum Gasteiger partial charge on any atom is -0.289 e. The average Bonchev–Trinajstić information content (AvgIpc) is 2.65. The van der Waals surface area contributed by atoms with Gasteiger partial charge >= 0.3 is 0 Å². The normalized spacial score (nSPS) is 22.8. The number of benzene rings is 1. The molecule has 1 aromatic rings. The molecule has 1 nitrogen and oxygen atoms in total. The van der Waals surface area contributed by atoms with Crippen LogP contribution in [0.5, 0.6) is 0 Å². The zero-order valence-electron chi connectivity index (χ0n) is 16.5. The molecule has 1 heteroatoms. The minimum absolute atomic E-state index is 0.691. The van der Waals surface area contributed by atoms with E-state index in [9.17, 15) is 0 Å². The molecule has 26 heavy (non-hydrogen) atoms. The monoisotopic (exact) mass is 351 g/mol. The van der Waals surface area contributed by atoms with Crippen LogP contribution in [0.4, 0.5) is 0 Å². The molecule has 2 unspecified atom stereocenters. The quantitative estimate of drug-likeness (QED) is 0.305. The third-order valence-electron chi connectivity index (χ3n) is 6.22. The molecule has 2 aliphatic heterocycles. The fourth-order valence-electron chi connectivity index (χ4n) is 4.78. The molecule has 0 aliphatic carbocycles. The van der Waals surface area contributed by atoms with Crippen molar-refractivity contribution in [1.82, 2.24) is 4.90 Å². The van der Waals surface area contributed by atoms with E-state index in [-0.39, 0.29) is 0 Å². The average molecular weight is 352 g/mol. The van der Waals surface area contributed by atoms with Crippen molar-refractivity contribution in [3.8, 4) is 0 Å². The van der Waals surface area contributed by atoms with Crippen LogP contribution in [-0.2, 0) is 6.54 Å². The summed E-state index contributed by atoms with van der Waals surface area (Å²) in [5.74, 6) is 0. The molecule has 142 valence electrons. The molecule has 0 N–H and O–H groups in total. The van der Waals surface area contributed by atoms with Gasteiger partial charge in [-0.25, -0.2) is 0 Å². The van der Waals surface area contributed by atoms with Crippen molar-refractivity contribution in [3.63, 3.8) is 0 Å². The van der Waals surface area contributed by atoms with Gasteiger partial charge in [-0.3, -0.25) is 4.90 Å². The van der Waals surface area contributed by atoms with Gasteiger partial charge in [-0.05, 0) is 50.5 Å². The van der Waals surface area contributed by atoms with E-state index in [1.54, 1.807) is 5.57 Å². The van der Waals surface area contributed by atoms with Crippen molar-refractivity contribution in [1.29, 1.82) is 0 Å². The van der Waals surface area contributed by atoms with E-state index in [0.717, 1.165) is 12.6 Å². The summed E-state index contributed by atoms with van der Waals surface area (Å²) < 4.78 is 0. The number of allylic oxidation sites excluding steroid dienone is 1. The Kier molecular flexibility index (Phi) is 8.01. The highest BCUT2D eigenvalue weighted by Crippen LogP contribution is 2.36. The first-order valence-electron chi connectivity index (χ1n) is 11.0. The van der Waals surface area contributed by atoms with Crippen LogP contribution in [0.25, 0.3) is 0 Å². The predicted octanol–water partition coefficient (Wildman–Crippen LogP) is 7.05. The van der Waals surface area contributed by atoms with Gasteiger partial charge in [0.25, 0.3) is 0 Å². The Balaban J connectivity index is 1.42. The summed E-state index contributed by atoms with van der Waals surface area (Å²) >= 11 is 0. The van der Waals surface area contributed by atoms with Crippen molar-refractivity contribution in [3.05, 3.63) is 60.2 Å². The van der Waals surface area contributed by atoms with Crippen LogP contribution >= 0.6 is 0 Å². The molecule has 0 radical (unpaired) electrons. The maximum absolute atomic E-state index is 3.80. The van der Waals surface area contributed by atoms with Gasteiger partial charge in [0.05, 0.1) is 0 Å². The van der Waals surface area contributed by atoms with Crippen LogP contribution in [0.1, 0.15) is 82.6 Å². The Morgan fingerprint density at radius 1 is 0.962 bits per heavy atom. The maximum atomic E-state index is 3.80. The molecule has 0 saturated carbocycles. The first-order chi connectivity index (χ1) is 12.9. The number of piperidine rings is 1. The summed E-state index contributed by atoms with van der Waals surface area (Å²) in [4.78, 5) is 2.78. The van der Waals surface area contributed by atoms with Crippen LogP contribution in [0.15, 0.2) is 54.6 Å². The molecular formula is C25H37N. The molecule has 0 aromatic heterocycles. The Hall–Kier alpha value is -1.34. The van der Waals surface area contributed by atoms with E-state index in [1.807, 2.05) is 6.08 Å². The van der Waals surface area contributed by atoms with Crippen LogP contribution in [0, 0.1) is 0 Å². The van der Waals surface area contributed by atoms with Gasteiger partial charge in [0, 0.05) is 18.6 Å². The first-order valence-corrected chi connectivity index (χ1v) is 11.0. The number of hydrogen-bond acceptors (Lipinski definition) is 1. The van der Waals surface area contributed by atoms with Gasteiger partial charge < -0.3 is 0 Å². The Morgan fingerprint density at radius 3 is 2.50 bits per heavy atom. The Labute approximate surface area is 161 Å². The second-order valence-electron chi connectivity index (χ2n) is 8.29. The maximum Gasteiger partial charge on any atom is 0.0287 e. The Bertz CT molecular complexity index is 559. The molecule has 0 amide bonds. The summed E-state index contributed by atoms with van der Waals surface area (Å²) in [6.07, 6.45) is 21.0. The van der Waals surface area contributed by atoms with E-state index >= 15 is 0 Å². The number of nitrogens with zero attached hydrogens (tertiary/aromatic N) is 1. The van der Waals surface area contributed by atoms with E-state index in [0.29, 0.717) is 6.04 Å². The molecule has 2 aliphatic rings. The van der Waals surface area contributed by atoms with Crippen molar-refractivity contribution in [2.45, 2.75) is 95.7 Å².